The summed E-state index contributed by atoms with van der Waals surface area (Å²) in [6, 6.07) is 17.8. The predicted octanol–water partition coefficient (Wildman–Crippen LogP) is 5.32. The highest BCUT2D eigenvalue weighted by molar-refractivity contribution is 6.30. The number of benzene rings is 2. The van der Waals surface area contributed by atoms with Gasteiger partial charge in [-0.25, -0.2) is 9.97 Å². The topological polar surface area (TPSA) is 55.1 Å². The van der Waals surface area contributed by atoms with E-state index in [0.29, 0.717) is 5.02 Å². The normalized spacial score (nSPS) is 13.9. The van der Waals surface area contributed by atoms with Crippen LogP contribution in [-0.2, 0) is 19.5 Å². The lowest BCUT2D eigenvalue weighted by molar-refractivity contribution is 0.242. The van der Waals surface area contributed by atoms with Crippen molar-refractivity contribution in [3.63, 3.8) is 0 Å². The molecule has 0 amide bonds. The first-order valence-corrected chi connectivity index (χ1v) is 10.4. The molecule has 1 aliphatic rings. The van der Waals surface area contributed by atoms with Crippen LogP contribution < -0.4 is 0 Å². The second kappa shape index (κ2) is 8.01. The molecular weight excluding hydrogens is 396 g/mol. The third-order valence-corrected chi connectivity index (χ3v) is 5.77. The zero-order valence-corrected chi connectivity index (χ0v) is 17.4. The van der Waals surface area contributed by atoms with Crippen molar-refractivity contribution in [1.29, 1.82) is 0 Å². The second-order valence-corrected chi connectivity index (χ2v) is 8.01. The van der Waals surface area contributed by atoms with E-state index in [9.17, 15) is 0 Å². The maximum atomic E-state index is 5.99. The van der Waals surface area contributed by atoms with Crippen LogP contribution in [0.1, 0.15) is 22.5 Å². The van der Waals surface area contributed by atoms with E-state index < -0.39 is 0 Å². The molecule has 150 valence electrons. The zero-order chi connectivity index (χ0) is 20.5. The molecule has 3 heterocycles. The van der Waals surface area contributed by atoms with Gasteiger partial charge in [0.15, 0.2) is 11.6 Å². The Bertz CT molecular complexity index is 1170. The average molecular weight is 417 g/mol. The van der Waals surface area contributed by atoms with Crippen LogP contribution >= 0.6 is 11.6 Å². The van der Waals surface area contributed by atoms with Gasteiger partial charge in [0.2, 0.25) is 0 Å². The highest BCUT2D eigenvalue weighted by Gasteiger charge is 2.23. The first kappa shape index (κ1) is 19.0. The molecule has 1 aliphatic heterocycles. The van der Waals surface area contributed by atoms with Crippen LogP contribution in [0.2, 0.25) is 5.02 Å². The molecule has 0 bridgehead atoms. The number of aryl methyl sites for hydroxylation is 1. The van der Waals surface area contributed by atoms with E-state index in [1.807, 2.05) is 55.6 Å². The number of halogens is 1. The van der Waals surface area contributed by atoms with Crippen molar-refractivity contribution in [1.82, 2.24) is 20.0 Å². The van der Waals surface area contributed by atoms with Crippen LogP contribution in [-0.4, -0.2) is 26.6 Å². The largest absolute Gasteiger partial charge is 0.356 e. The summed E-state index contributed by atoms with van der Waals surface area (Å²) in [5, 5.41) is 4.93. The van der Waals surface area contributed by atoms with Gasteiger partial charge in [0.1, 0.15) is 0 Å². The minimum atomic E-state index is 0.714. The second-order valence-electron chi connectivity index (χ2n) is 7.57. The van der Waals surface area contributed by atoms with Crippen molar-refractivity contribution in [2.24, 2.45) is 0 Å². The van der Waals surface area contributed by atoms with E-state index in [1.165, 1.54) is 5.56 Å². The molecule has 0 fully saturated rings. The quantitative estimate of drug-likeness (QED) is 0.450. The molecule has 0 N–H and O–H groups in total. The molecule has 4 aromatic rings. The van der Waals surface area contributed by atoms with Crippen LogP contribution in [0.3, 0.4) is 0 Å². The van der Waals surface area contributed by atoms with Crippen molar-refractivity contribution in [2.75, 3.05) is 6.54 Å². The van der Waals surface area contributed by atoms with Crippen LogP contribution in [0.15, 0.2) is 65.3 Å². The summed E-state index contributed by atoms with van der Waals surface area (Å²) in [5.41, 5.74) is 6.42. The lowest BCUT2D eigenvalue weighted by Crippen LogP contribution is -2.31. The van der Waals surface area contributed by atoms with Crippen molar-refractivity contribution >= 4 is 11.6 Å². The Morgan fingerprint density at radius 3 is 2.63 bits per heavy atom. The van der Waals surface area contributed by atoms with Crippen LogP contribution in [0.25, 0.3) is 22.7 Å². The van der Waals surface area contributed by atoms with Crippen LogP contribution in [0.5, 0.6) is 0 Å². The van der Waals surface area contributed by atoms with E-state index in [1.54, 1.807) is 0 Å². The fourth-order valence-corrected chi connectivity index (χ4v) is 3.99. The average Bonchev–Trinajstić information content (AvgIpc) is 3.14. The van der Waals surface area contributed by atoms with E-state index >= 15 is 0 Å². The Balaban J connectivity index is 1.36. The molecule has 0 unspecified atom stereocenters. The van der Waals surface area contributed by atoms with Gasteiger partial charge in [-0.3, -0.25) is 4.90 Å². The van der Waals surface area contributed by atoms with Crippen molar-refractivity contribution in [3.05, 3.63) is 88.3 Å². The molecule has 0 aliphatic carbocycles. The van der Waals surface area contributed by atoms with E-state index in [-0.39, 0.29) is 0 Å². The fourth-order valence-electron chi connectivity index (χ4n) is 3.86. The monoisotopic (exact) mass is 416 g/mol. The molecule has 0 atom stereocenters. The molecule has 0 radical (unpaired) electrons. The molecule has 0 saturated carbocycles. The van der Waals surface area contributed by atoms with Gasteiger partial charge in [-0.1, -0.05) is 47.1 Å². The van der Waals surface area contributed by atoms with Crippen molar-refractivity contribution in [3.8, 4) is 22.7 Å². The Morgan fingerprint density at radius 2 is 1.83 bits per heavy atom. The van der Waals surface area contributed by atoms with Gasteiger partial charge >= 0.3 is 0 Å². The summed E-state index contributed by atoms with van der Waals surface area (Å²) in [5.74, 6) is 1.60. The van der Waals surface area contributed by atoms with Gasteiger partial charge in [0.25, 0.3) is 0 Å². The highest BCUT2D eigenvalue weighted by atomic mass is 35.5. The number of rotatable bonds is 4. The summed E-state index contributed by atoms with van der Waals surface area (Å²) < 4.78 is 5.65. The van der Waals surface area contributed by atoms with Gasteiger partial charge in [-0.05, 0) is 31.2 Å². The maximum Gasteiger partial charge on any atom is 0.171 e. The first-order valence-electron chi connectivity index (χ1n) is 10.0. The van der Waals surface area contributed by atoms with Crippen molar-refractivity contribution < 1.29 is 4.52 Å². The third-order valence-electron chi connectivity index (χ3n) is 5.52. The summed E-state index contributed by atoms with van der Waals surface area (Å²) in [6.45, 7) is 4.54. The smallest absolute Gasteiger partial charge is 0.171 e. The molecule has 5 nitrogen and oxygen atoms in total. The van der Waals surface area contributed by atoms with E-state index in [2.05, 4.69) is 27.2 Å². The molecule has 0 saturated heterocycles. The molecule has 2 aromatic carbocycles. The molecule has 5 rings (SSSR count). The van der Waals surface area contributed by atoms with Crippen LogP contribution in [0.4, 0.5) is 0 Å². The number of nitrogens with zero attached hydrogens (tertiary/aromatic N) is 4. The Morgan fingerprint density at radius 1 is 1.03 bits per heavy atom. The van der Waals surface area contributed by atoms with Gasteiger partial charge in [0, 0.05) is 59.5 Å². The lowest BCUT2D eigenvalue weighted by atomic mass is 10.0. The molecular formula is C24H21ClN4O. The Hall–Kier alpha value is -3.02. The Kier molecular flexibility index (Phi) is 5.07. The standard InChI is InChI=1S/C24H21ClN4O/c1-16-21(23(30-28-16)17-5-3-2-4-6-17)15-29-12-11-22-19(14-29)13-26-24(27-22)18-7-9-20(25)10-8-18/h2-10,13H,11-12,14-15H2,1H3. The van der Waals surface area contributed by atoms with Gasteiger partial charge in [-0.2, -0.15) is 0 Å². The number of fused-ring (bicyclic) bond motifs is 1. The highest BCUT2D eigenvalue weighted by Crippen LogP contribution is 2.29. The third kappa shape index (κ3) is 3.74. The van der Waals surface area contributed by atoms with Gasteiger partial charge in [0.05, 0.1) is 11.4 Å². The molecule has 2 aromatic heterocycles. The summed E-state index contributed by atoms with van der Waals surface area (Å²) in [4.78, 5) is 11.8. The fraction of sp³-hybridized carbons (Fsp3) is 0.208. The number of aromatic nitrogens is 3. The Labute approximate surface area is 180 Å². The number of hydrogen-bond acceptors (Lipinski definition) is 5. The summed E-state index contributed by atoms with van der Waals surface area (Å²) in [6.07, 6.45) is 2.85. The van der Waals surface area contributed by atoms with Crippen molar-refractivity contribution in [2.45, 2.75) is 26.4 Å². The van der Waals surface area contributed by atoms with Gasteiger partial charge in [-0.15, -0.1) is 0 Å². The molecule has 30 heavy (non-hydrogen) atoms. The van der Waals surface area contributed by atoms with Crippen LogP contribution in [0, 0.1) is 6.92 Å². The summed E-state index contributed by atoms with van der Waals surface area (Å²) in [7, 11) is 0. The number of hydrogen-bond donors (Lipinski definition) is 0. The first-order chi connectivity index (χ1) is 14.7. The summed E-state index contributed by atoms with van der Waals surface area (Å²) >= 11 is 5.99. The minimum Gasteiger partial charge on any atom is -0.356 e. The SMILES string of the molecule is Cc1noc(-c2ccccc2)c1CN1CCc2nc(-c3ccc(Cl)cc3)ncc2C1. The van der Waals surface area contributed by atoms with E-state index in [0.717, 1.165) is 65.7 Å². The predicted molar refractivity (Wildman–Crippen MR) is 117 cm³/mol. The maximum absolute atomic E-state index is 5.99. The lowest BCUT2D eigenvalue weighted by Gasteiger charge is -2.28. The van der Waals surface area contributed by atoms with Gasteiger partial charge < -0.3 is 4.52 Å². The molecule has 0 spiro atoms. The minimum absolute atomic E-state index is 0.714. The van der Waals surface area contributed by atoms with E-state index in [4.69, 9.17) is 21.1 Å². The molecule has 6 heteroatoms. The zero-order valence-electron chi connectivity index (χ0n) is 16.7.